The second-order valence-corrected chi connectivity index (χ2v) is 12.9. The van der Waals surface area contributed by atoms with Gasteiger partial charge in [-0.3, -0.25) is 15.2 Å². The number of nitrogens with zero attached hydrogens (tertiary/aromatic N) is 3. The van der Waals surface area contributed by atoms with Gasteiger partial charge in [0.15, 0.2) is 0 Å². The van der Waals surface area contributed by atoms with Crippen LogP contribution in [0.3, 0.4) is 0 Å². The molecular formula is C40H59F2N7O. The maximum absolute atomic E-state index is 15.0. The third-order valence-electron chi connectivity index (χ3n) is 10.1. The Labute approximate surface area is 298 Å². The number of aromatic nitrogens is 2. The molecule has 1 saturated heterocycles. The molecule has 0 radical (unpaired) electrons. The first-order chi connectivity index (χ1) is 24.5. The average Bonchev–Trinajstić information content (AvgIpc) is 3.56. The summed E-state index contributed by atoms with van der Waals surface area (Å²) in [7, 11) is 0. The number of pyridine rings is 1. The summed E-state index contributed by atoms with van der Waals surface area (Å²) >= 11 is 0. The van der Waals surface area contributed by atoms with Crippen LogP contribution in [-0.2, 0) is 11.2 Å². The number of amidine groups is 1. The monoisotopic (exact) mass is 691 g/mol. The summed E-state index contributed by atoms with van der Waals surface area (Å²) in [6.45, 7) is 13.0. The molecule has 8 nitrogen and oxygen atoms in total. The fourth-order valence-corrected chi connectivity index (χ4v) is 7.74. The Kier molecular flexibility index (Phi) is 15.3. The van der Waals surface area contributed by atoms with Gasteiger partial charge in [-0.25, -0.2) is 8.78 Å². The molecule has 3 aromatic rings. The summed E-state index contributed by atoms with van der Waals surface area (Å²) in [5, 5.41) is 20.3. The Bertz CT molecular complexity index is 1570. The first-order valence-electron chi connectivity index (χ1n) is 19.1. The number of carbonyl (C=O) groups excluding carboxylic acids is 1. The Morgan fingerprint density at radius 2 is 1.80 bits per heavy atom. The number of fused-ring (bicyclic) bond motifs is 2. The van der Waals surface area contributed by atoms with Crippen LogP contribution >= 0.6 is 0 Å². The molecule has 1 amide bonds. The predicted molar refractivity (Wildman–Crippen MR) is 203 cm³/mol. The Balaban J connectivity index is 0.00000136. The number of benzene rings is 1. The first-order valence-corrected chi connectivity index (χ1v) is 19.1. The number of rotatable bonds is 11. The number of piperidine rings is 1. The van der Waals surface area contributed by atoms with Gasteiger partial charge in [0.05, 0.1) is 5.52 Å². The van der Waals surface area contributed by atoms with E-state index in [-0.39, 0.29) is 5.56 Å². The molecule has 6 rings (SSSR count). The van der Waals surface area contributed by atoms with E-state index in [0.29, 0.717) is 61.5 Å². The number of halogens is 2. The van der Waals surface area contributed by atoms with Crippen LogP contribution < -0.4 is 20.9 Å². The molecular weight excluding hydrogens is 632 g/mol. The molecule has 1 saturated carbocycles. The van der Waals surface area contributed by atoms with Gasteiger partial charge >= 0.3 is 0 Å². The van der Waals surface area contributed by atoms with Crippen LogP contribution in [0.2, 0.25) is 0 Å². The largest absolute Gasteiger partial charge is 0.385 e. The fourth-order valence-electron chi connectivity index (χ4n) is 7.74. The van der Waals surface area contributed by atoms with Crippen LogP contribution in [0.1, 0.15) is 122 Å². The van der Waals surface area contributed by atoms with Crippen LogP contribution in [-0.4, -0.2) is 54.0 Å². The molecule has 0 spiro atoms. The van der Waals surface area contributed by atoms with E-state index < -0.39 is 6.43 Å². The third kappa shape index (κ3) is 8.92. The van der Waals surface area contributed by atoms with Gasteiger partial charge in [-0.1, -0.05) is 53.9 Å². The third-order valence-corrected chi connectivity index (χ3v) is 10.1. The fraction of sp³-hybridized carbons (Fsp3) is 0.575. The molecule has 1 aromatic carbocycles. The van der Waals surface area contributed by atoms with E-state index in [9.17, 15) is 10.2 Å². The highest BCUT2D eigenvalue weighted by Crippen LogP contribution is 2.43. The quantitative estimate of drug-likeness (QED) is 0.0696. The van der Waals surface area contributed by atoms with E-state index in [0.717, 1.165) is 84.9 Å². The lowest BCUT2D eigenvalue weighted by atomic mass is 9.91. The number of anilines is 1. The lowest BCUT2D eigenvalue weighted by Crippen LogP contribution is -2.39. The number of hydrogen-bond donors (Lipinski definition) is 4. The van der Waals surface area contributed by atoms with Gasteiger partial charge in [0.2, 0.25) is 6.41 Å². The lowest BCUT2D eigenvalue weighted by Gasteiger charge is -2.35. The number of aryl methyl sites for hydroxylation is 1. The average molecular weight is 692 g/mol. The molecule has 4 N–H and O–H groups in total. The molecule has 3 aliphatic rings. The molecule has 0 bridgehead atoms. The normalized spacial score (nSPS) is 17.2. The van der Waals surface area contributed by atoms with Crippen molar-refractivity contribution in [2.24, 2.45) is 0 Å². The van der Waals surface area contributed by atoms with Crippen LogP contribution in [0.5, 0.6) is 0 Å². The van der Waals surface area contributed by atoms with Crippen molar-refractivity contribution in [2.75, 3.05) is 31.1 Å². The molecule has 4 heterocycles. The molecule has 50 heavy (non-hydrogen) atoms. The zero-order valence-corrected chi connectivity index (χ0v) is 30.9. The van der Waals surface area contributed by atoms with Crippen molar-refractivity contribution in [2.45, 2.75) is 124 Å². The van der Waals surface area contributed by atoms with Gasteiger partial charge in [0, 0.05) is 83.7 Å². The van der Waals surface area contributed by atoms with Gasteiger partial charge in [0.25, 0.3) is 6.43 Å². The smallest absolute Gasteiger partial charge is 0.264 e. The highest BCUT2D eigenvalue weighted by molar-refractivity contribution is 6.09. The van der Waals surface area contributed by atoms with E-state index in [1.165, 1.54) is 19.3 Å². The summed E-state index contributed by atoms with van der Waals surface area (Å²) in [6.07, 6.45) is 14.3. The minimum atomic E-state index is -2.67. The second-order valence-electron chi connectivity index (χ2n) is 12.9. The highest BCUT2D eigenvalue weighted by Gasteiger charge is 2.29. The second kappa shape index (κ2) is 19.6. The minimum absolute atomic E-state index is 0.00979. The summed E-state index contributed by atoms with van der Waals surface area (Å²) in [6, 6.07) is 6.24. The van der Waals surface area contributed by atoms with E-state index in [4.69, 9.17) is 0 Å². The molecule has 2 fully saturated rings. The van der Waals surface area contributed by atoms with Crippen molar-refractivity contribution >= 4 is 28.8 Å². The minimum Gasteiger partial charge on any atom is -0.385 e. The van der Waals surface area contributed by atoms with Crippen molar-refractivity contribution in [3.05, 3.63) is 59.2 Å². The standard InChI is InChI=1S/C36H47F2N7O.2C2H6/c1-2-27(32(12-16-42-23-46)43-25-8-4-3-5-9-25)36(39)44-18-6-7-24-19-28(29(35(37)38)20-34(24)44)31-22-45(26-10-14-40-15-11-26)33-13-17-41-21-30(31)33;2*1-2/h13,17,19-23,25-26,35,39-40,43H,2-12,14-16,18H2,1H3,(H,42,46);2*1-2H3/b32-27-,39-36?;;. The van der Waals surface area contributed by atoms with Crippen molar-refractivity contribution in [3.63, 3.8) is 0 Å². The molecule has 0 atom stereocenters. The first kappa shape index (κ1) is 39.0. The van der Waals surface area contributed by atoms with E-state index in [1.54, 1.807) is 18.5 Å². The maximum atomic E-state index is 15.0. The zero-order valence-electron chi connectivity index (χ0n) is 30.9. The van der Waals surface area contributed by atoms with Crippen molar-refractivity contribution in [3.8, 4) is 11.1 Å². The Morgan fingerprint density at radius 3 is 2.48 bits per heavy atom. The van der Waals surface area contributed by atoms with Gasteiger partial charge in [0.1, 0.15) is 5.84 Å². The SMILES string of the molecule is CC.CC.CC/C(C(=N)N1CCCc2cc(-c3cn(C4CCNCC4)c4ccncc34)c(C(F)F)cc21)=C(\CCNC=O)NC1CCCCC1. The van der Waals surface area contributed by atoms with E-state index >= 15 is 8.78 Å². The summed E-state index contributed by atoms with van der Waals surface area (Å²) in [5.74, 6) is 0.354. The summed E-state index contributed by atoms with van der Waals surface area (Å²) in [5.41, 5.74) is 5.91. The number of amides is 1. The van der Waals surface area contributed by atoms with E-state index in [2.05, 4.69) is 31.7 Å². The number of alkyl halides is 2. The number of carbonyl (C=O) groups is 1. The molecule has 0 unspecified atom stereocenters. The number of hydrogen-bond acceptors (Lipinski definition) is 5. The Morgan fingerprint density at radius 1 is 1.06 bits per heavy atom. The predicted octanol–water partition coefficient (Wildman–Crippen LogP) is 9.07. The van der Waals surface area contributed by atoms with Crippen LogP contribution in [0.4, 0.5) is 14.5 Å². The van der Waals surface area contributed by atoms with Crippen LogP contribution in [0.25, 0.3) is 22.0 Å². The van der Waals surface area contributed by atoms with E-state index in [1.807, 2.05) is 51.7 Å². The summed E-state index contributed by atoms with van der Waals surface area (Å²) < 4.78 is 32.3. The van der Waals surface area contributed by atoms with Crippen molar-refractivity contribution in [1.82, 2.24) is 25.5 Å². The van der Waals surface area contributed by atoms with Crippen molar-refractivity contribution in [1.29, 1.82) is 5.41 Å². The van der Waals surface area contributed by atoms with Gasteiger partial charge in [-0.15, -0.1) is 0 Å². The van der Waals surface area contributed by atoms with Crippen LogP contribution in [0.15, 0.2) is 48.1 Å². The molecule has 1 aliphatic carbocycles. The molecule has 274 valence electrons. The Hall–Kier alpha value is -3.79. The summed E-state index contributed by atoms with van der Waals surface area (Å²) in [4.78, 5) is 17.4. The van der Waals surface area contributed by atoms with Crippen LogP contribution in [0, 0.1) is 5.41 Å². The van der Waals surface area contributed by atoms with Crippen molar-refractivity contribution < 1.29 is 13.6 Å². The lowest BCUT2D eigenvalue weighted by molar-refractivity contribution is -0.109. The molecule has 10 heteroatoms. The zero-order chi connectivity index (χ0) is 36.0. The number of nitrogens with one attached hydrogen (secondary N) is 4. The van der Waals surface area contributed by atoms with Gasteiger partial charge < -0.3 is 25.4 Å². The highest BCUT2D eigenvalue weighted by atomic mass is 19.3. The molecule has 2 aromatic heterocycles. The van der Waals surface area contributed by atoms with Gasteiger partial charge in [-0.05, 0) is 87.4 Å². The maximum Gasteiger partial charge on any atom is 0.264 e. The topological polar surface area (TPSA) is 98.1 Å². The molecule has 2 aliphatic heterocycles. The van der Waals surface area contributed by atoms with Gasteiger partial charge in [-0.2, -0.15) is 0 Å².